The molecule has 0 atom stereocenters. The van der Waals surface area contributed by atoms with Gasteiger partial charge in [-0.3, -0.25) is 0 Å². The minimum absolute atomic E-state index is 0.207. The van der Waals surface area contributed by atoms with E-state index in [1.165, 1.54) is 128 Å². The first-order chi connectivity index (χ1) is 28.3. The summed E-state index contributed by atoms with van der Waals surface area (Å²) in [6.45, 7) is 0. The van der Waals surface area contributed by atoms with Gasteiger partial charge in [-0.15, -0.1) is 0 Å². The van der Waals surface area contributed by atoms with Gasteiger partial charge in [-0.05, 0) is 0 Å². The Kier molecular flexibility index (Phi) is 7.16. The maximum atomic E-state index is 2.48. The molecule has 1 heteroatoms. The molecular weight excluding hydrogens is 752 g/mol. The summed E-state index contributed by atoms with van der Waals surface area (Å²) in [5.74, 6) is 4.25. The first-order valence-electron chi connectivity index (χ1n) is 21.2. The molecule has 4 saturated carbocycles. The summed E-state index contributed by atoms with van der Waals surface area (Å²) in [5, 5.41) is 14.0. The number of hydrogen-bond acceptors (Lipinski definition) is 0. The molecule has 0 spiro atoms. The van der Waals surface area contributed by atoms with Crippen LogP contribution in [0.25, 0.3) is 95.8 Å². The van der Waals surface area contributed by atoms with Crippen molar-refractivity contribution in [1.82, 2.24) is 0 Å². The molecule has 1 heterocycles. The molecule has 14 rings (SSSR count). The van der Waals surface area contributed by atoms with Crippen LogP contribution in [0.15, 0.2) is 164 Å². The van der Waals surface area contributed by atoms with Crippen LogP contribution < -0.4 is 0 Å². The second kappa shape index (κ2) is 12.5. The van der Waals surface area contributed by atoms with E-state index in [2.05, 4.69) is 164 Å². The van der Waals surface area contributed by atoms with Crippen LogP contribution in [0.5, 0.6) is 0 Å². The molecule has 0 N–H and O–H groups in total. The Bertz CT molecular complexity index is 3110. The third-order valence-electron chi connectivity index (χ3n) is 14.6. The number of benzene rings is 9. The Morgan fingerprint density at radius 2 is 0.719 bits per heavy atom. The molecule has 0 unspecified atom stereocenters. The Hall–Kier alpha value is -5.46. The van der Waals surface area contributed by atoms with Crippen LogP contribution in [-0.4, -0.2) is 14.5 Å². The molecule has 0 saturated heterocycles. The Morgan fingerprint density at radius 1 is 0.333 bits per heavy atom. The predicted octanol–water partition coefficient (Wildman–Crippen LogP) is 15.2. The topological polar surface area (TPSA) is 0 Å². The van der Waals surface area contributed by atoms with Gasteiger partial charge in [0.1, 0.15) is 0 Å². The standard InChI is InChI=1S/C56H42Se/c1-2-14-35(15-3-1)51-38-16-4-6-18-40(38)52(41-19-7-5-17-39(41)51)46-24-12-26-48-55(46)56-47(25-13-27-49(56)57-48)53-42-20-8-10-22-44(42)54(45-23-11-9-21-43(45)53)50-36-29-33-28-34(31-36)32-37(50)30-33/h1-27,33-34,36-37,50H,28-32H2. The van der Waals surface area contributed by atoms with E-state index in [9.17, 15) is 0 Å². The molecule has 0 radical (unpaired) electrons. The maximum absolute atomic E-state index is 2.48. The number of rotatable bonds is 4. The van der Waals surface area contributed by atoms with Gasteiger partial charge in [-0.2, -0.15) is 0 Å². The summed E-state index contributed by atoms with van der Waals surface area (Å²) in [4.78, 5) is 0. The zero-order valence-electron chi connectivity index (χ0n) is 31.9. The van der Waals surface area contributed by atoms with Crippen molar-refractivity contribution in [3.05, 3.63) is 169 Å². The molecule has 0 amide bonds. The second-order valence-electron chi connectivity index (χ2n) is 17.5. The van der Waals surface area contributed by atoms with E-state index in [1.54, 1.807) is 5.56 Å². The SMILES string of the molecule is c1ccc(-c2c3ccccc3c(-c3cccc4[se]c5cccc(-c6c7ccccc7c(C7C8CC9CC(C8)CC7C9)c7ccccc67)c5c34)c3ccccc23)cc1. The molecule has 9 aromatic carbocycles. The van der Waals surface area contributed by atoms with Gasteiger partial charge in [0, 0.05) is 0 Å². The van der Waals surface area contributed by atoms with Gasteiger partial charge in [-0.25, -0.2) is 0 Å². The third-order valence-corrected chi connectivity index (χ3v) is 16.9. The van der Waals surface area contributed by atoms with E-state index in [0.29, 0.717) is 5.92 Å². The van der Waals surface area contributed by atoms with Crippen molar-refractivity contribution in [2.75, 3.05) is 0 Å². The normalized spacial score (nSPS) is 21.5. The molecule has 272 valence electrons. The fourth-order valence-electron chi connectivity index (χ4n) is 12.8. The van der Waals surface area contributed by atoms with Gasteiger partial charge in [-0.1, -0.05) is 0 Å². The van der Waals surface area contributed by atoms with Crippen molar-refractivity contribution in [2.24, 2.45) is 23.7 Å². The summed E-state index contributed by atoms with van der Waals surface area (Å²) >= 11 is 0.207. The van der Waals surface area contributed by atoms with Gasteiger partial charge in [0.25, 0.3) is 0 Å². The summed E-state index contributed by atoms with van der Waals surface area (Å²) in [5.41, 5.74) is 9.75. The van der Waals surface area contributed by atoms with Crippen molar-refractivity contribution >= 4 is 76.9 Å². The van der Waals surface area contributed by atoms with Crippen molar-refractivity contribution in [3.8, 4) is 33.4 Å². The first kappa shape index (κ1) is 32.6. The fraction of sp³-hybridized carbons (Fsp3) is 0.179. The van der Waals surface area contributed by atoms with Crippen molar-refractivity contribution < 1.29 is 0 Å². The van der Waals surface area contributed by atoms with Crippen molar-refractivity contribution in [1.29, 1.82) is 0 Å². The van der Waals surface area contributed by atoms with E-state index in [1.807, 2.05) is 0 Å². The van der Waals surface area contributed by atoms with Gasteiger partial charge < -0.3 is 0 Å². The van der Waals surface area contributed by atoms with E-state index < -0.39 is 0 Å². The quantitative estimate of drug-likeness (QED) is 0.123. The Morgan fingerprint density at radius 3 is 1.18 bits per heavy atom. The Labute approximate surface area is 339 Å². The molecule has 10 aromatic rings. The summed E-state index contributed by atoms with van der Waals surface area (Å²) in [6.07, 6.45) is 7.24. The summed E-state index contributed by atoms with van der Waals surface area (Å²) < 4.78 is 2.98. The molecule has 4 bridgehead atoms. The molecule has 4 aliphatic carbocycles. The molecular formula is C56H42Se. The van der Waals surface area contributed by atoms with Crippen LogP contribution in [0.2, 0.25) is 0 Å². The predicted molar refractivity (Wildman–Crippen MR) is 245 cm³/mol. The monoisotopic (exact) mass is 794 g/mol. The van der Waals surface area contributed by atoms with E-state index in [4.69, 9.17) is 0 Å². The van der Waals surface area contributed by atoms with Crippen LogP contribution in [0.3, 0.4) is 0 Å². The van der Waals surface area contributed by atoms with Crippen molar-refractivity contribution in [2.45, 2.75) is 38.0 Å². The van der Waals surface area contributed by atoms with Gasteiger partial charge in [0.05, 0.1) is 0 Å². The molecule has 57 heavy (non-hydrogen) atoms. The van der Waals surface area contributed by atoms with E-state index >= 15 is 0 Å². The van der Waals surface area contributed by atoms with Crippen LogP contribution in [0.4, 0.5) is 0 Å². The van der Waals surface area contributed by atoms with Crippen LogP contribution in [0, 0.1) is 23.7 Å². The van der Waals surface area contributed by atoms with E-state index in [-0.39, 0.29) is 14.5 Å². The number of fused-ring (bicyclic) bond motifs is 7. The number of hydrogen-bond donors (Lipinski definition) is 0. The van der Waals surface area contributed by atoms with Crippen LogP contribution in [-0.2, 0) is 0 Å². The molecule has 4 fully saturated rings. The Balaban J connectivity index is 1.13. The summed E-state index contributed by atoms with van der Waals surface area (Å²) in [6, 6.07) is 62.7. The molecule has 0 aliphatic heterocycles. The van der Waals surface area contributed by atoms with Crippen molar-refractivity contribution in [3.63, 3.8) is 0 Å². The summed E-state index contributed by atoms with van der Waals surface area (Å²) in [7, 11) is 0. The fourth-order valence-corrected chi connectivity index (χ4v) is 15.3. The average molecular weight is 794 g/mol. The molecule has 0 nitrogen and oxygen atoms in total. The molecule has 1 aromatic heterocycles. The molecule has 4 aliphatic rings. The van der Waals surface area contributed by atoms with Crippen LogP contribution >= 0.6 is 0 Å². The zero-order valence-corrected chi connectivity index (χ0v) is 33.6. The zero-order chi connectivity index (χ0) is 37.2. The van der Waals surface area contributed by atoms with Gasteiger partial charge in [0.2, 0.25) is 0 Å². The average Bonchev–Trinajstić information content (AvgIpc) is 3.65. The van der Waals surface area contributed by atoms with Gasteiger partial charge >= 0.3 is 341 Å². The van der Waals surface area contributed by atoms with E-state index in [0.717, 1.165) is 23.7 Å². The second-order valence-corrected chi connectivity index (χ2v) is 19.8. The minimum atomic E-state index is 0.207. The third kappa shape index (κ3) is 4.74. The van der Waals surface area contributed by atoms with Gasteiger partial charge in [0.15, 0.2) is 0 Å². The van der Waals surface area contributed by atoms with Crippen LogP contribution in [0.1, 0.15) is 43.6 Å². The first-order valence-corrected chi connectivity index (χ1v) is 22.9.